The number of sulfonamides is 1. The van der Waals surface area contributed by atoms with Gasteiger partial charge in [0.1, 0.15) is 12.4 Å². The molecule has 1 N–H and O–H groups in total. The number of ether oxygens (including phenoxy) is 1. The lowest BCUT2D eigenvalue weighted by Gasteiger charge is -2.15. The molecule has 1 aromatic carbocycles. The van der Waals surface area contributed by atoms with Gasteiger partial charge >= 0.3 is 0 Å². The zero-order valence-electron chi connectivity index (χ0n) is 11.2. The molecule has 0 fully saturated rings. The van der Waals surface area contributed by atoms with E-state index in [1.54, 1.807) is 13.0 Å². The van der Waals surface area contributed by atoms with Crippen molar-refractivity contribution in [1.82, 2.24) is 4.31 Å². The van der Waals surface area contributed by atoms with Crippen LogP contribution in [0.15, 0.2) is 23.1 Å². The Labute approximate surface area is 113 Å². The van der Waals surface area contributed by atoms with E-state index in [0.29, 0.717) is 17.9 Å². The molecule has 0 saturated heterocycles. The fourth-order valence-electron chi connectivity index (χ4n) is 1.43. The molecule has 104 valence electrons. The van der Waals surface area contributed by atoms with Crippen LogP contribution in [0.3, 0.4) is 0 Å². The molecular formula is C13H17NO4S. The highest BCUT2D eigenvalue weighted by Crippen LogP contribution is 2.23. The molecule has 5 nitrogen and oxygen atoms in total. The Bertz CT molecular complexity index is 599. The predicted molar refractivity (Wildman–Crippen MR) is 72.4 cm³/mol. The first kappa shape index (κ1) is 15.5. The number of aliphatic hydroxyl groups excluding tert-OH is 1. The minimum absolute atomic E-state index is 0.153. The molecule has 0 bridgehead atoms. The van der Waals surface area contributed by atoms with E-state index in [2.05, 4.69) is 11.8 Å². The molecule has 0 unspecified atom stereocenters. The Morgan fingerprint density at radius 2 is 2.11 bits per heavy atom. The van der Waals surface area contributed by atoms with Crippen LogP contribution in [-0.4, -0.2) is 45.1 Å². The van der Waals surface area contributed by atoms with Crippen LogP contribution in [-0.2, 0) is 10.0 Å². The minimum atomic E-state index is -3.51. The molecule has 6 heteroatoms. The van der Waals surface area contributed by atoms with Crippen LogP contribution in [0.25, 0.3) is 0 Å². The first-order chi connectivity index (χ1) is 8.97. The summed E-state index contributed by atoms with van der Waals surface area (Å²) in [4.78, 5) is 0.153. The van der Waals surface area contributed by atoms with E-state index in [9.17, 15) is 8.42 Å². The second-order valence-corrected chi connectivity index (χ2v) is 5.79. The van der Waals surface area contributed by atoms with Gasteiger partial charge in [0.25, 0.3) is 0 Å². The van der Waals surface area contributed by atoms with Crippen molar-refractivity contribution in [2.75, 3.05) is 27.3 Å². The van der Waals surface area contributed by atoms with Crippen LogP contribution in [0.4, 0.5) is 0 Å². The fraction of sp³-hybridized carbons (Fsp3) is 0.385. The van der Waals surface area contributed by atoms with E-state index < -0.39 is 10.0 Å². The molecule has 0 aliphatic carbocycles. The molecular weight excluding hydrogens is 266 g/mol. The van der Waals surface area contributed by atoms with Crippen molar-refractivity contribution < 1.29 is 18.3 Å². The molecule has 0 saturated carbocycles. The summed E-state index contributed by atoms with van der Waals surface area (Å²) in [7, 11) is -0.524. The Morgan fingerprint density at radius 3 is 2.63 bits per heavy atom. The van der Waals surface area contributed by atoms with E-state index in [-0.39, 0.29) is 11.5 Å². The number of benzene rings is 1. The van der Waals surface area contributed by atoms with Crippen molar-refractivity contribution in [3.63, 3.8) is 0 Å². The standard InChI is InChI=1S/C13H17NO4S/c1-4-14(2)19(16,17)12-7-8-13(18-3)11(10-12)6-5-9-15/h7-8,10,15H,4,9H2,1-3H3. The lowest BCUT2D eigenvalue weighted by atomic mass is 10.2. The number of rotatable bonds is 4. The maximum Gasteiger partial charge on any atom is 0.242 e. The third-order valence-electron chi connectivity index (χ3n) is 2.63. The van der Waals surface area contributed by atoms with Crippen LogP contribution in [0, 0.1) is 11.8 Å². The molecule has 0 heterocycles. The normalized spacial score (nSPS) is 11.0. The van der Waals surface area contributed by atoms with Crippen LogP contribution in [0.5, 0.6) is 5.75 Å². The Hall–Kier alpha value is -1.55. The van der Waals surface area contributed by atoms with Gasteiger partial charge in [0, 0.05) is 13.6 Å². The molecule has 0 spiro atoms. The van der Waals surface area contributed by atoms with Gasteiger partial charge in [-0.3, -0.25) is 0 Å². The summed E-state index contributed by atoms with van der Waals surface area (Å²) in [5, 5.41) is 8.71. The minimum Gasteiger partial charge on any atom is -0.495 e. The molecule has 0 atom stereocenters. The van der Waals surface area contributed by atoms with Crippen LogP contribution in [0.1, 0.15) is 12.5 Å². The largest absolute Gasteiger partial charge is 0.495 e. The highest BCUT2D eigenvalue weighted by Gasteiger charge is 2.20. The zero-order valence-corrected chi connectivity index (χ0v) is 12.0. The van der Waals surface area contributed by atoms with E-state index >= 15 is 0 Å². The van der Waals surface area contributed by atoms with Gasteiger partial charge in [-0.25, -0.2) is 12.7 Å². The highest BCUT2D eigenvalue weighted by molar-refractivity contribution is 7.89. The van der Waals surface area contributed by atoms with Gasteiger partial charge < -0.3 is 9.84 Å². The van der Waals surface area contributed by atoms with Gasteiger partial charge in [-0.15, -0.1) is 0 Å². The summed E-state index contributed by atoms with van der Waals surface area (Å²) in [6.07, 6.45) is 0. The molecule has 0 amide bonds. The van der Waals surface area contributed by atoms with Crippen molar-refractivity contribution in [2.45, 2.75) is 11.8 Å². The number of hydrogen-bond acceptors (Lipinski definition) is 4. The zero-order chi connectivity index (χ0) is 14.5. The number of nitrogens with zero attached hydrogens (tertiary/aromatic N) is 1. The Balaban J connectivity index is 3.33. The molecule has 19 heavy (non-hydrogen) atoms. The fourth-order valence-corrected chi connectivity index (χ4v) is 2.64. The lowest BCUT2D eigenvalue weighted by molar-refractivity contribution is 0.350. The summed E-state index contributed by atoms with van der Waals surface area (Å²) in [5.74, 6) is 5.62. The first-order valence-electron chi connectivity index (χ1n) is 5.71. The third kappa shape index (κ3) is 3.47. The smallest absolute Gasteiger partial charge is 0.242 e. The van der Waals surface area contributed by atoms with Gasteiger partial charge in [-0.1, -0.05) is 18.8 Å². The van der Waals surface area contributed by atoms with Gasteiger partial charge in [0.2, 0.25) is 10.0 Å². The van der Waals surface area contributed by atoms with Crippen molar-refractivity contribution in [3.05, 3.63) is 23.8 Å². The number of methoxy groups -OCH3 is 1. The summed E-state index contributed by atoms with van der Waals surface area (Å²) < 4.78 is 30.7. The maximum absolute atomic E-state index is 12.2. The Morgan fingerprint density at radius 1 is 1.42 bits per heavy atom. The monoisotopic (exact) mass is 283 g/mol. The van der Waals surface area contributed by atoms with E-state index in [1.165, 1.54) is 30.6 Å². The van der Waals surface area contributed by atoms with Crippen LogP contribution < -0.4 is 4.74 Å². The van der Waals surface area contributed by atoms with E-state index in [1.807, 2.05) is 0 Å². The van der Waals surface area contributed by atoms with Crippen molar-refractivity contribution in [2.24, 2.45) is 0 Å². The number of aliphatic hydroxyl groups is 1. The molecule has 1 aromatic rings. The summed E-state index contributed by atoms with van der Waals surface area (Å²) in [6, 6.07) is 4.48. The first-order valence-corrected chi connectivity index (χ1v) is 7.15. The van der Waals surface area contributed by atoms with Gasteiger partial charge in [-0.05, 0) is 18.2 Å². The van der Waals surface area contributed by atoms with Crippen LogP contribution >= 0.6 is 0 Å². The topological polar surface area (TPSA) is 66.8 Å². The van der Waals surface area contributed by atoms with Crippen molar-refractivity contribution >= 4 is 10.0 Å². The lowest BCUT2D eigenvalue weighted by Crippen LogP contribution is -2.26. The summed E-state index contributed by atoms with van der Waals surface area (Å²) in [5.41, 5.74) is 0.433. The second kappa shape index (κ2) is 6.57. The average Bonchev–Trinajstić information content (AvgIpc) is 2.43. The van der Waals surface area contributed by atoms with E-state index in [4.69, 9.17) is 9.84 Å². The van der Waals surface area contributed by atoms with E-state index in [0.717, 1.165) is 0 Å². The molecule has 0 aromatic heterocycles. The molecule has 0 aliphatic rings. The SMILES string of the molecule is CCN(C)S(=O)(=O)c1ccc(OC)c(C#CCO)c1. The second-order valence-electron chi connectivity index (χ2n) is 3.74. The maximum atomic E-state index is 12.2. The number of hydrogen-bond donors (Lipinski definition) is 1. The van der Waals surface area contributed by atoms with Gasteiger partial charge in [0.05, 0.1) is 17.6 Å². The summed E-state index contributed by atoms with van der Waals surface area (Å²) >= 11 is 0. The quantitative estimate of drug-likeness (QED) is 0.825. The third-order valence-corrected chi connectivity index (χ3v) is 4.56. The molecule has 0 radical (unpaired) electrons. The van der Waals surface area contributed by atoms with Gasteiger partial charge in [-0.2, -0.15) is 0 Å². The molecule has 0 aliphatic heterocycles. The average molecular weight is 283 g/mol. The Kier molecular flexibility index (Phi) is 5.36. The summed E-state index contributed by atoms with van der Waals surface area (Å²) in [6.45, 7) is 1.84. The van der Waals surface area contributed by atoms with Crippen molar-refractivity contribution in [3.8, 4) is 17.6 Å². The van der Waals surface area contributed by atoms with Crippen molar-refractivity contribution in [1.29, 1.82) is 0 Å². The predicted octanol–water partition coefficient (Wildman–Crippen LogP) is 0.679. The molecule has 1 rings (SSSR count). The van der Waals surface area contributed by atoms with Crippen LogP contribution in [0.2, 0.25) is 0 Å². The highest BCUT2D eigenvalue weighted by atomic mass is 32.2. The van der Waals surface area contributed by atoms with Gasteiger partial charge in [0.15, 0.2) is 0 Å².